The number of amides is 2. The second kappa shape index (κ2) is 8.66. The third kappa shape index (κ3) is 4.25. The molecule has 0 radical (unpaired) electrons. The molecule has 0 aliphatic carbocycles. The van der Waals surface area contributed by atoms with Gasteiger partial charge in [-0.05, 0) is 23.3 Å². The van der Waals surface area contributed by atoms with Gasteiger partial charge in [-0.25, -0.2) is 4.79 Å². The highest BCUT2D eigenvalue weighted by Gasteiger charge is 2.37. The molecule has 3 aromatic carbocycles. The highest BCUT2D eigenvalue weighted by atomic mass is 16.5. The Bertz CT molecular complexity index is 1050. The summed E-state index contributed by atoms with van der Waals surface area (Å²) in [6, 6.07) is 25.5. The van der Waals surface area contributed by atoms with E-state index in [-0.39, 0.29) is 11.8 Å². The SMILES string of the molecule is C=C1NC(=O)N[C@H](c2ccc(OCc3ccccc3)cc2)[C@H]1C(=O)c1ccccc1. The van der Waals surface area contributed by atoms with Crippen molar-refractivity contribution in [1.29, 1.82) is 0 Å². The summed E-state index contributed by atoms with van der Waals surface area (Å²) in [5.74, 6) is 0.0105. The third-order valence-corrected chi connectivity index (χ3v) is 5.10. The Morgan fingerprint density at radius 2 is 1.53 bits per heavy atom. The minimum atomic E-state index is -0.610. The molecular weight excluding hydrogens is 376 g/mol. The molecule has 30 heavy (non-hydrogen) atoms. The van der Waals surface area contributed by atoms with Crippen molar-refractivity contribution in [2.75, 3.05) is 0 Å². The summed E-state index contributed by atoms with van der Waals surface area (Å²) in [5.41, 5.74) is 2.86. The van der Waals surface area contributed by atoms with Crippen LogP contribution < -0.4 is 15.4 Å². The zero-order chi connectivity index (χ0) is 20.9. The van der Waals surface area contributed by atoms with Crippen LogP contribution in [0.4, 0.5) is 4.79 Å². The summed E-state index contributed by atoms with van der Waals surface area (Å²) in [5, 5.41) is 5.51. The van der Waals surface area contributed by atoms with Crippen LogP contribution in [0.2, 0.25) is 0 Å². The molecule has 1 aliphatic rings. The predicted octanol–water partition coefficient (Wildman–Crippen LogP) is 4.63. The van der Waals surface area contributed by atoms with E-state index in [0.717, 1.165) is 11.1 Å². The molecule has 5 nitrogen and oxygen atoms in total. The quantitative estimate of drug-likeness (QED) is 0.595. The molecule has 2 amide bonds. The van der Waals surface area contributed by atoms with Crippen LogP contribution in [0.1, 0.15) is 27.5 Å². The van der Waals surface area contributed by atoms with Crippen LogP contribution in [-0.4, -0.2) is 11.8 Å². The van der Waals surface area contributed by atoms with Crippen LogP contribution in [0, 0.1) is 5.92 Å². The van der Waals surface area contributed by atoms with Gasteiger partial charge in [-0.3, -0.25) is 4.79 Å². The van der Waals surface area contributed by atoms with Crippen molar-refractivity contribution in [1.82, 2.24) is 10.6 Å². The van der Waals surface area contributed by atoms with Crippen LogP contribution in [0.25, 0.3) is 0 Å². The van der Waals surface area contributed by atoms with Gasteiger partial charge in [0, 0.05) is 11.3 Å². The first-order chi connectivity index (χ1) is 14.6. The molecule has 2 N–H and O–H groups in total. The first kappa shape index (κ1) is 19.5. The molecule has 0 saturated carbocycles. The summed E-state index contributed by atoms with van der Waals surface area (Å²) in [7, 11) is 0. The van der Waals surface area contributed by atoms with Gasteiger partial charge in [0.1, 0.15) is 12.4 Å². The van der Waals surface area contributed by atoms with Crippen molar-refractivity contribution in [3.63, 3.8) is 0 Å². The fourth-order valence-electron chi connectivity index (χ4n) is 3.57. The summed E-state index contributed by atoms with van der Waals surface area (Å²) in [6.07, 6.45) is 0. The second-order valence-corrected chi connectivity index (χ2v) is 7.15. The van der Waals surface area contributed by atoms with Crippen LogP contribution in [0.3, 0.4) is 0 Å². The highest BCUT2D eigenvalue weighted by molar-refractivity contribution is 6.01. The lowest BCUT2D eigenvalue weighted by Crippen LogP contribution is -2.50. The van der Waals surface area contributed by atoms with Crippen molar-refractivity contribution in [3.8, 4) is 5.75 Å². The van der Waals surface area contributed by atoms with Crippen LogP contribution >= 0.6 is 0 Å². The Morgan fingerprint density at radius 3 is 2.20 bits per heavy atom. The van der Waals surface area contributed by atoms with E-state index in [4.69, 9.17) is 4.74 Å². The number of carbonyl (C=O) groups excluding carboxylic acids is 2. The van der Waals surface area contributed by atoms with E-state index in [1.54, 1.807) is 12.1 Å². The number of rotatable bonds is 6. The molecule has 0 spiro atoms. The van der Waals surface area contributed by atoms with E-state index in [0.29, 0.717) is 23.6 Å². The number of hydrogen-bond acceptors (Lipinski definition) is 3. The molecule has 1 aliphatic heterocycles. The number of Topliss-reactive ketones (excluding diaryl/α,β-unsaturated/α-hetero) is 1. The van der Waals surface area contributed by atoms with Crippen molar-refractivity contribution >= 4 is 11.8 Å². The van der Waals surface area contributed by atoms with E-state index in [2.05, 4.69) is 17.2 Å². The van der Waals surface area contributed by atoms with Crippen molar-refractivity contribution in [2.45, 2.75) is 12.6 Å². The molecule has 2 atom stereocenters. The molecule has 0 aromatic heterocycles. The topological polar surface area (TPSA) is 67.4 Å². The third-order valence-electron chi connectivity index (χ3n) is 5.10. The molecule has 0 unspecified atom stereocenters. The van der Waals surface area contributed by atoms with E-state index in [1.807, 2.05) is 72.8 Å². The molecule has 1 fully saturated rings. The Balaban J connectivity index is 1.54. The fourth-order valence-corrected chi connectivity index (χ4v) is 3.57. The van der Waals surface area contributed by atoms with E-state index < -0.39 is 12.0 Å². The first-order valence-corrected chi connectivity index (χ1v) is 9.74. The minimum Gasteiger partial charge on any atom is -0.489 e. The maximum Gasteiger partial charge on any atom is 0.319 e. The zero-order valence-electron chi connectivity index (χ0n) is 16.4. The van der Waals surface area contributed by atoms with Gasteiger partial charge in [-0.1, -0.05) is 79.4 Å². The average Bonchev–Trinajstić information content (AvgIpc) is 2.78. The molecule has 1 heterocycles. The smallest absolute Gasteiger partial charge is 0.319 e. The van der Waals surface area contributed by atoms with Crippen LogP contribution in [-0.2, 0) is 6.61 Å². The zero-order valence-corrected chi connectivity index (χ0v) is 16.4. The van der Waals surface area contributed by atoms with Gasteiger partial charge in [0.25, 0.3) is 0 Å². The van der Waals surface area contributed by atoms with E-state index in [9.17, 15) is 9.59 Å². The molecular formula is C25H22N2O3. The number of ether oxygens (including phenoxy) is 1. The molecule has 3 aromatic rings. The van der Waals surface area contributed by atoms with Crippen molar-refractivity contribution in [2.24, 2.45) is 5.92 Å². The van der Waals surface area contributed by atoms with Gasteiger partial charge in [-0.2, -0.15) is 0 Å². The number of ketones is 1. The van der Waals surface area contributed by atoms with Crippen LogP contribution in [0.15, 0.2) is 97.2 Å². The maximum atomic E-state index is 13.2. The Labute approximate surface area is 175 Å². The summed E-state index contributed by atoms with van der Waals surface area (Å²) < 4.78 is 5.84. The Kier molecular flexibility index (Phi) is 5.61. The molecule has 1 saturated heterocycles. The van der Waals surface area contributed by atoms with Crippen LogP contribution in [0.5, 0.6) is 5.75 Å². The summed E-state index contributed by atoms with van der Waals surface area (Å²) >= 11 is 0. The van der Waals surface area contributed by atoms with Gasteiger partial charge in [0.15, 0.2) is 5.78 Å². The Morgan fingerprint density at radius 1 is 0.900 bits per heavy atom. The van der Waals surface area contributed by atoms with Gasteiger partial charge >= 0.3 is 6.03 Å². The maximum absolute atomic E-state index is 13.2. The number of benzene rings is 3. The number of nitrogens with one attached hydrogen (secondary N) is 2. The fraction of sp³-hybridized carbons (Fsp3) is 0.120. The highest BCUT2D eigenvalue weighted by Crippen LogP contribution is 2.33. The summed E-state index contributed by atoms with van der Waals surface area (Å²) in [6.45, 7) is 4.40. The van der Waals surface area contributed by atoms with E-state index in [1.165, 1.54) is 0 Å². The van der Waals surface area contributed by atoms with Gasteiger partial charge < -0.3 is 15.4 Å². The lowest BCUT2D eigenvalue weighted by Gasteiger charge is -2.34. The first-order valence-electron chi connectivity index (χ1n) is 9.74. The summed E-state index contributed by atoms with van der Waals surface area (Å²) in [4.78, 5) is 25.2. The average molecular weight is 398 g/mol. The number of carbonyl (C=O) groups is 2. The normalized spacial score (nSPS) is 18.3. The van der Waals surface area contributed by atoms with E-state index >= 15 is 0 Å². The van der Waals surface area contributed by atoms with Crippen molar-refractivity contribution < 1.29 is 14.3 Å². The minimum absolute atomic E-state index is 0.0949. The molecule has 0 bridgehead atoms. The van der Waals surface area contributed by atoms with Gasteiger partial charge in [0.05, 0.1) is 12.0 Å². The molecule has 150 valence electrons. The standard InChI is InChI=1S/C25H22N2O3/c1-17-22(24(28)20-10-6-3-7-11-20)23(27-25(29)26-17)19-12-14-21(15-13-19)30-16-18-8-4-2-5-9-18/h2-15,22-23H,1,16H2,(H2,26,27,29)/t22-,23+/m0/s1. The lowest BCUT2D eigenvalue weighted by molar-refractivity contribution is 0.0905. The lowest BCUT2D eigenvalue weighted by atomic mass is 9.83. The van der Waals surface area contributed by atoms with Crippen molar-refractivity contribution in [3.05, 3.63) is 114 Å². The van der Waals surface area contributed by atoms with Gasteiger partial charge in [-0.15, -0.1) is 0 Å². The molecule has 4 rings (SSSR count). The largest absolute Gasteiger partial charge is 0.489 e. The number of hydrogen-bond donors (Lipinski definition) is 2. The Hall–Kier alpha value is -3.86. The predicted molar refractivity (Wildman–Crippen MR) is 115 cm³/mol. The van der Waals surface area contributed by atoms with Gasteiger partial charge in [0.2, 0.25) is 0 Å². The second-order valence-electron chi connectivity index (χ2n) is 7.15. The molecule has 5 heteroatoms. The number of urea groups is 1. The monoisotopic (exact) mass is 398 g/mol.